The minimum absolute atomic E-state index is 0.0255. The second-order valence-electron chi connectivity index (χ2n) is 5.32. The van der Waals surface area contributed by atoms with Gasteiger partial charge in [0, 0.05) is 26.1 Å². The molecule has 14 heavy (non-hydrogen) atoms. The molecule has 0 aromatic carbocycles. The van der Waals surface area contributed by atoms with Crippen molar-refractivity contribution in [1.82, 2.24) is 0 Å². The average molecular weight is 198 g/mol. The van der Waals surface area contributed by atoms with Gasteiger partial charge >= 0.3 is 0 Å². The van der Waals surface area contributed by atoms with Crippen LogP contribution >= 0.6 is 0 Å². The topological polar surface area (TPSA) is 26.3 Å². The molecule has 2 nitrogen and oxygen atoms in total. The smallest absolute Gasteiger partial charge is 0.139 e. The summed E-state index contributed by atoms with van der Waals surface area (Å²) in [6.45, 7) is 6.67. The summed E-state index contributed by atoms with van der Waals surface area (Å²) in [5, 5.41) is 0. The predicted molar refractivity (Wildman–Crippen MR) is 57.2 cm³/mol. The summed E-state index contributed by atoms with van der Waals surface area (Å²) < 4.78 is 4.25. The molecule has 0 heterocycles. The summed E-state index contributed by atoms with van der Waals surface area (Å²) >= 11 is 0. The Morgan fingerprint density at radius 1 is 1.29 bits per heavy atom. The fraction of sp³-hybridized carbons (Fsp3) is 0.917. The number of ether oxygens (including phenoxy) is 1. The van der Waals surface area contributed by atoms with Crippen molar-refractivity contribution >= 4 is 5.78 Å². The molecule has 0 aliphatic heterocycles. The Hall–Kier alpha value is -0.370. The number of methoxy groups -OCH3 is 1. The molecule has 0 N–H and O–H groups in total. The molecule has 2 fully saturated rings. The van der Waals surface area contributed by atoms with Crippen molar-refractivity contribution in [3.63, 3.8) is 0 Å². The zero-order valence-electron chi connectivity index (χ0n) is 10.0. The van der Waals surface area contributed by atoms with Crippen LogP contribution in [-0.4, -0.2) is 20.0 Å². The molecule has 2 rings (SSSR count). The van der Waals surface area contributed by atoms with Crippen molar-refractivity contribution in [3.05, 3.63) is 0 Å². The molecule has 0 amide bonds. The first kappa shape index (κ1) is 11.7. The highest BCUT2D eigenvalue weighted by molar-refractivity contribution is 5.89. The molecular weight excluding hydrogens is 176 g/mol. The third-order valence-corrected chi connectivity index (χ3v) is 4.48. The summed E-state index contributed by atoms with van der Waals surface area (Å²) in [5.74, 6) is 1.19. The van der Waals surface area contributed by atoms with Crippen LogP contribution in [0.5, 0.6) is 0 Å². The Morgan fingerprint density at radius 3 is 1.93 bits per heavy atom. The summed E-state index contributed by atoms with van der Waals surface area (Å²) in [7, 11) is 3.25. The van der Waals surface area contributed by atoms with E-state index in [1.807, 2.05) is 0 Å². The maximum atomic E-state index is 11.6. The van der Waals surface area contributed by atoms with Gasteiger partial charge < -0.3 is 4.74 Å². The molecule has 0 saturated heterocycles. The number of carbonyl (C=O) groups excluding carboxylic acids is 1. The Bertz CT molecular complexity index is 232. The first-order chi connectivity index (χ1) is 6.40. The van der Waals surface area contributed by atoms with Gasteiger partial charge in [-0.3, -0.25) is 4.79 Å². The van der Waals surface area contributed by atoms with E-state index in [1.165, 1.54) is 6.42 Å². The van der Waals surface area contributed by atoms with E-state index < -0.39 is 0 Å². The molecule has 2 bridgehead atoms. The highest BCUT2D eigenvalue weighted by Gasteiger charge is 2.61. The van der Waals surface area contributed by atoms with Crippen LogP contribution in [0.4, 0.5) is 0 Å². The third kappa shape index (κ3) is 1.40. The maximum Gasteiger partial charge on any atom is 0.139 e. The first-order valence-electron chi connectivity index (χ1n) is 5.33. The number of fused-ring (bicyclic) bond motifs is 2. The number of hydrogen-bond donors (Lipinski definition) is 0. The van der Waals surface area contributed by atoms with Crippen LogP contribution in [0, 0.1) is 16.7 Å². The maximum absolute atomic E-state index is 11.6. The van der Waals surface area contributed by atoms with Crippen LogP contribution in [0.1, 0.15) is 40.0 Å². The van der Waals surface area contributed by atoms with Crippen molar-refractivity contribution in [2.45, 2.75) is 40.0 Å². The van der Waals surface area contributed by atoms with Gasteiger partial charge in [-0.25, -0.2) is 0 Å². The second-order valence-corrected chi connectivity index (χ2v) is 5.32. The number of Topliss-reactive ketones (excluding diaryl/α,β-unsaturated/α-hetero) is 1. The Labute approximate surface area is 87.0 Å². The van der Waals surface area contributed by atoms with Gasteiger partial charge in [-0.15, -0.1) is 0 Å². The largest absolute Gasteiger partial charge is 0.388 e. The number of carbonyl (C=O) groups is 1. The van der Waals surface area contributed by atoms with Gasteiger partial charge in [0.1, 0.15) is 5.78 Å². The molecule has 2 aliphatic rings. The lowest BCUT2D eigenvalue weighted by Crippen LogP contribution is -2.32. The van der Waals surface area contributed by atoms with E-state index in [0.29, 0.717) is 11.7 Å². The van der Waals surface area contributed by atoms with E-state index >= 15 is 0 Å². The van der Waals surface area contributed by atoms with Crippen molar-refractivity contribution in [2.24, 2.45) is 16.7 Å². The summed E-state index contributed by atoms with van der Waals surface area (Å²) in [6, 6.07) is 0. The van der Waals surface area contributed by atoms with Gasteiger partial charge in [-0.1, -0.05) is 20.8 Å². The van der Waals surface area contributed by atoms with Crippen LogP contribution in [-0.2, 0) is 9.53 Å². The highest BCUT2D eigenvalue weighted by atomic mass is 16.4. The van der Waals surface area contributed by atoms with Crippen LogP contribution in [0.2, 0.25) is 0 Å². The van der Waals surface area contributed by atoms with Crippen LogP contribution in [0.25, 0.3) is 0 Å². The van der Waals surface area contributed by atoms with Crippen LogP contribution in [0.3, 0.4) is 0 Å². The van der Waals surface area contributed by atoms with E-state index in [1.54, 1.807) is 14.2 Å². The second kappa shape index (κ2) is 3.65. The van der Waals surface area contributed by atoms with Gasteiger partial charge in [0.2, 0.25) is 0 Å². The van der Waals surface area contributed by atoms with Crippen LogP contribution < -0.4 is 0 Å². The van der Waals surface area contributed by atoms with Crippen molar-refractivity contribution in [2.75, 3.05) is 14.2 Å². The molecule has 2 heteroatoms. The SMILES string of the molecule is CC12CCC(CC1=O)C2(C)C.COC. The highest BCUT2D eigenvalue weighted by Crippen LogP contribution is 2.63. The summed E-state index contributed by atoms with van der Waals surface area (Å²) in [4.78, 5) is 11.6. The standard InChI is InChI=1S/C10H16O.C2H6O/c1-9(2)7-4-5-10(9,3)8(11)6-7;1-3-2/h7H,4-6H2,1-3H3;1-2H3. The molecule has 0 spiro atoms. The molecule has 0 aromatic heterocycles. The normalized spacial score (nSPS) is 38.1. The van der Waals surface area contributed by atoms with Crippen LogP contribution in [0.15, 0.2) is 0 Å². The van der Waals surface area contributed by atoms with E-state index in [4.69, 9.17) is 0 Å². The molecule has 0 aromatic rings. The minimum atomic E-state index is 0.0255. The lowest BCUT2D eigenvalue weighted by molar-refractivity contribution is -0.128. The van der Waals surface area contributed by atoms with Gasteiger partial charge in [0.25, 0.3) is 0 Å². The molecule has 2 unspecified atom stereocenters. The Morgan fingerprint density at radius 2 is 1.79 bits per heavy atom. The molecule has 2 atom stereocenters. The van der Waals surface area contributed by atoms with Crippen molar-refractivity contribution in [3.8, 4) is 0 Å². The van der Waals surface area contributed by atoms with E-state index in [0.717, 1.165) is 12.8 Å². The zero-order valence-corrected chi connectivity index (χ0v) is 10.0. The molecule has 82 valence electrons. The summed E-state index contributed by atoms with van der Waals surface area (Å²) in [5.41, 5.74) is 0.307. The molecule has 0 radical (unpaired) electrons. The Kier molecular flexibility index (Phi) is 3.05. The van der Waals surface area contributed by atoms with Crippen molar-refractivity contribution < 1.29 is 9.53 Å². The lowest BCUT2D eigenvalue weighted by Gasteiger charge is -2.32. The molecular formula is C12H22O2. The molecule has 2 aliphatic carbocycles. The van der Waals surface area contributed by atoms with E-state index in [2.05, 4.69) is 25.5 Å². The fourth-order valence-corrected chi connectivity index (χ4v) is 2.90. The van der Waals surface area contributed by atoms with E-state index in [-0.39, 0.29) is 10.8 Å². The zero-order chi connectivity index (χ0) is 11.0. The first-order valence-corrected chi connectivity index (χ1v) is 5.33. The van der Waals surface area contributed by atoms with Gasteiger partial charge in [0.15, 0.2) is 0 Å². The summed E-state index contributed by atoms with van der Waals surface area (Å²) in [6.07, 6.45) is 3.25. The van der Waals surface area contributed by atoms with Gasteiger partial charge in [-0.2, -0.15) is 0 Å². The van der Waals surface area contributed by atoms with Gasteiger partial charge in [-0.05, 0) is 24.2 Å². The fourth-order valence-electron chi connectivity index (χ4n) is 2.90. The van der Waals surface area contributed by atoms with Crippen molar-refractivity contribution in [1.29, 1.82) is 0 Å². The quantitative estimate of drug-likeness (QED) is 0.598. The monoisotopic (exact) mass is 198 g/mol. The average Bonchev–Trinajstić information content (AvgIpc) is 2.38. The van der Waals surface area contributed by atoms with E-state index in [9.17, 15) is 4.79 Å². The predicted octanol–water partition coefficient (Wildman–Crippen LogP) is 2.66. The molecule has 2 saturated carbocycles. The number of hydrogen-bond acceptors (Lipinski definition) is 2. The number of rotatable bonds is 0. The van der Waals surface area contributed by atoms with Gasteiger partial charge in [0.05, 0.1) is 0 Å². The minimum Gasteiger partial charge on any atom is -0.388 e. The third-order valence-electron chi connectivity index (χ3n) is 4.48. The lowest BCUT2D eigenvalue weighted by atomic mass is 9.70. The number of ketones is 1. The Balaban J connectivity index is 0.000000293.